The van der Waals surface area contributed by atoms with Crippen LogP contribution in [0.2, 0.25) is 0 Å². The zero-order valence-corrected chi connectivity index (χ0v) is 17.7. The van der Waals surface area contributed by atoms with Crippen molar-refractivity contribution in [1.29, 1.82) is 0 Å². The molecule has 4 aromatic heterocycles. The number of thiocarbonyl (C=S) groups is 1. The highest BCUT2D eigenvalue weighted by Gasteiger charge is 2.41. The molecular formula is C24H22N6S. The van der Waals surface area contributed by atoms with Gasteiger partial charge in [0.1, 0.15) is 0 Å². The predicted molar refractivity (Wildman–Crippen MR) is 123 cm³/mol. The lowest BCUT2D eigenvalue weighted by Crippen LogP contribution is -2.30. The second kappa shape index (κ2) is 8.65. The minimum Gasteiger partial charge on any atom is -0.352 e. The summed E-state index contributed by atoms with van der Waals surface area (Å²) in [6.45, 7) is 1.39. The van der Waals surface area contributed by atoms with Gasteiger partial charge in [0.25, 0.3) is 0 Å². The van der Waals surface area contributed by atoms with E-state index in [0.29, 0.717) is 13.1 Å². The zero-order chi connectivity index (χ0) is 21.0. The lowest BCUT2D eigenvalue weighted by atomic mass is 10.0. The molecule has 1 saturated heterocycles. The summed E-state index contributed by atoms with van der Waals surface area (Å²) in [6, 6.07) is 20.3. The van der Waals surface area contributed by atoms with Gasteiger partial charge in [-0.25, -0.2) is 0 Å². The fraction of sp³-hybridized carbons (Fsp3) is 0.167. The van der Waals surface area contributed by atoms with Gasteiger partial charge in [0.15, 0.2) is 5.11 Å². The molecule has 0 spiro atoms. The molecule has 31 heavy (non-hydrogen) atoms. The summed E-state index contributed by atoms with van der Waals surface area (Å²) >= 11 is 5.79. The van der Waals surface area contributed by atoms with Gasteiger partial charge in [-0.3, -0.25) is 15.0 Å². The summed E-state index contributed by atoms with van der Waals surface area (Å²) in [7, 11) is 0. The standard InChI is InChI=1S/C24H22N6S/c31-24-28-22(20-7-2-4-12-27-20)23(30(24)16-18-9-13-25-14-10-18)21-8-5-15-29(21)17-19-6-1-3-11-26-19/h1-15,22-23H,16-17H2,(H,28,31)/t22-,23+/m1/s1. The Labute approximate surface area is 186 Å². The maximum atomic E-state index is 5.79. The normalized spacial score (nSPS) is 18.2. The SMILES string of the molecule is S=C1N[C@H](c2ccccn2)[C@H](c2cccn2Cc2ccccn2)N1Cc1ccncc1. The van der Waals surface area contributed by atoms with Crippen LogP contribution in [0, 0.1) is 0 Å². The molecule has 0 bridgehead atoms. The van der Waals surface area contributed by atoms with Crippen molar-refractivity contribution in [2.24, 2.45) is 0 Å². The van der Waals surface area contributed by atoms with E-state index in [0.717, 1.165) is 22.1 Å². The molecule has 0 saturated carbocycles. The topological polar surface area (TPSA) is 58.9 Å². The maximum Gasteiger partial charge on any atom is 0.170 e. The molecule has 0 amide bonds. The minimum absolute atomic E-state index is 0.00530. The van der Waals surface area contributed by atoms with E-state index in [4.69, 9.17) is 12.2 Å². The van der Waals surface area contributed by atoms with Crippen LogP contribution in [-0.2, 0) is 13.1 Å². The smallest absolute Gasteiger partial charge is 0.170 e. The van der Waals surface area contributed by atoms with Gasteiger partial charge in [0.05, 0.1) is 30.0 Å². The van der Waals surface area contributed by atoms with Crippen LogP contribution >= 0.6 is 12.2 Å². The van der Waals surface area contributed by atoms with Gasteiger partial charge in [0.2, 0.25) is 0 Å². The Hall–Kier alpha value is -3.58. The lowest BCUT2D eigenvalue weighted by molar-refractivity contribution is 0.298. The van der Waals surface area contributed by atoms with E-state index < -0.39 is 0 Å². The number of hydrogen-bond donors (Lipinski definition) is 1. The van der Waals surface area contributed by atoms with Crippen molar-refractivity contribution < 1.29 is 0 Å². The molecule has 0 unspecified atom stereocenters. The highest BCUT2D eigenvalue weighted by Crippen LogP contribution is 2.39. The first-order valence-electron chi connectivity index (χ1n) is 10.2. The summed E-state index contributed by atoms with van der Waals surface area (Å²) in [5.41, 5.74) is 4.32. The van der Waals surface area contributed by atoms with Crippen molar-refractivity contribution in [2.75, 3.05) is 0 Å². The van der Waals surface area contributed by atoms with Gasteiger partial charge in [-0.2, -0.15) is 0 Å². The average Bonchev–Trinajstić information content (AvgIpc) is 3.40. The summed E-state index contributed by atoms with van der Waals surface area (Å²) in [6.07, 6.45) is 9.39. The minimum atomic E-state index is -0.0482. The van der Waals surface area contributed by atoms with Gasteiger partial charge >= 0.3 is 0 Å². The number of hydrogen-bond acceptors (Lipinski definition) is 4. The third-order valence-corrected chi connectivity index (χ3v) is 5.88. The molecule has 154 valence electrons. The Bertz CT molecular complexity index is 1150. The molecule has 1 fully saturated rings. The van der Waals surface area contributed by atoms with Crippen molar-refractivity contribution in [3.05, 3.63) is 114 Å². The van der Waals surface area contributed by atoms with Crippen LogP contribution in [0.5, 0.6) is 0 Å². The Kier molecular flexibility index (Phi) is 5.41. The third kappa shape index (κ3) is 4.04. The van der Waals surface area contributed by atoms with E-state index >= 15 is 0 Å². The van der Waals surface area contributed by atoms with E-state index in [2.05, 4.69) is 54.1 Å². The number of rotatable bonds is 6. The van der Waals surface area contributed by atoms with Crippen LogP contribution in [-0.4, -0.2) is 29.5 Å². The summed E-state index contributed by atoms with van der Waals surface area (Å²) < 4.78 is 2.25. The van der Waals surface area contributed by atoms with Crippen LogP contribution in [0.15, 0.2) is 91.6 Å². The average molecular weight is 427 g/mol. The third-order valence-electron chi connectivity index (χ3n) is 5.53. The summed E-state index contributed by atoms with van der Waals surface area (Å²) in [5, 5.41) is 4.25. The van der Waals surface area contributed by atoms with Gasteiger partial charge in [-0.1, -0.05) is 12.1 Å². The van der Waals surface area contributed by atoms with E-state index in [1.165, 1.54) is 5.69 Å². The first kappa shape index (κ1) is 19.4. The van der Waals surface area contributed by atoms with E-state index in [1.807, 2.05) is 67.3 Å². The molecule has 0 radical (unpaired) electrons. The number of pyridine rings is 3. The van der Waals surface area contributed by atoms with Crippen LogP contribution < -0.4 is 5.32 Å². The Morgan fingerprint density at radius 2 is 1.65 bits per heavy atom. The molecule has 0 aliphatic carbocycles. The molecule has 5 heterocycles. The van der Waals surface area contributed by atoms with Crippen molar-refractivity contribution in [1.82, 2.24) is 29.7 Å². The molecule has 1 aliphatic heterocycles. The molecule has 7 heteroatoms. The maximum absolute atomic E-state index is 5.79. The van der Waals surface area contributed by atoms with Crippen LogP contribution in [0.3, 0.4) is 0 Å². The van der Waals surface area contributed by atoms with Crippen molar-refractivity contribution in [2.45, 2.75) is 25.2 Å². The number of nitrogens with zero attached hydrogens (tertiary/aromatic N) is 5. The lowest BCUT2D eigenvalue weighted by Gasteiger charge is -2.29. The quantitative estimate of drug-likeness (QED) is 0.472. The Balaban J connectivity index is 1.54. The van der Waals surface area contributed by atoms with E-state index in [9.17, 15) is 0 Å². The van der Waals surface area contributed by atoms with Crippen LogP contribution in [0.4, 0.5) is 0 Å². The van der Waals surface area contributed by atoms with E-state index in [-0.39, 0.29) is 12.1 Å². The molecule has 4 aromatic rings. The molecule has 2 atom stereocenters. The van der Waals surface area contributed by atoms with Gasteiger partial charge < -0.3 is 14.8 Å². The molecule has 1 aliphatic rings. The highest BCUT2D eigenvalue weighted by molar-refractivity contribution is 7.80. The molecule has 6 nitrogen and oxygen atoms in total. The highest BCUT2D eigenvalue weighted by atomic mass is 32.1. The predicted octanol–water partition coefficient (Wildman–Crippen LogP) is 3.89. The molecular weight excluding hydrogens is 404 g/mol. The second-order valence-corrected chi connectivity index (χ2v) is 7.88. The molecule has 0 aromatic carbocycles. The fourth-order valence-electron chi connectivity index (χ4n) is 4.09. The monoisotopic (exact) mass is 426 g/mol. The molecule has 1 N–H and O–H groups in total. The van der Waals surface area contributed by atoms with Crippen LogP contribution in [0.1, 0.15) is 34.7 Å². The summed E-state index contributed by atoms with van der Waals surface area (Å²) in [5.74, 6) is 0. The first-order valence-corrected chi connectivity index (χ1v) is 10.6. The Morgan fingerprint density at radius 3 is 2.39 bits per heavy atom. The first-order chi connectivity index (χ1) is 15.3. The largest absolute Gasteiger partial charge is 0.352 e. The van der Waals surface area contributed by atoms with Crippen molar-refractivity contribution in [3.8, 4) is 0 Å². The van der Waals surface area contributed by atoms with Gasteiger partial charge in [0, 0.05) is 43.2 Å². The van der Waals surface area contributed by atoms with E-state index in [1.54, 1.807) is 0 Å². The van der Waals surface area contributed by atoms with Gasteiger partial charge in [-0.05, 0) is 66.3 Å². The number of aromatic nitrogens is 4. The van der Waals surface area contributed by atoms with Crippen LogP contribution in [0.25, 0.3) is 0 Å². The van der Waals surface area contributed by atoms with Crippen molar-refractivity contribution >= 4 is 17.3 Å². The molecule has 5 rings (SSSR count). The Morgan fingerprint density at radius 1 is 0.839 bits per heavy atom. The fourth-order valence-corrected chi connectivity index (χ4v) is 4.39. The zero-order valence-electron chi connectivity index (χ0n) is 16.9. The second-order valence-electron chi connectivity index (χ2n) is 7.49. The van der Waals surface area contributed by atoms with Crippen molar-refractivity contribution in [3.63, 3.8) is 0 Å². The summed E-state index contributed by atoms with van der Waals surface area (Å²) in [4.78, 5) is 15.5. The van der Waals surface area contributed by atoms with Gasteiger partial charge in [-0.15, -0.1) is 0 Å². The number of nitrogens with one attached hydrogen (secondary N) is 1.